The van der Waals surface area contributed by atoms with Gasteiger partial charge in [0.2, 0.25) is 5.78 Å². The lowest BCUT2D eigenvalue weighted by Gasteiger charge is -2.56. The quantitative estimate of drug-likeness (QED) is 0.663. The van der Waals surface area contributed by atoms with E-state index in [1.165, 1.54) is 18.4 Å². The molecule has 5 aliphatic rings. The normalized spacial score (nSPS) is 51.0. The zero-order valence-electron chi connectivity index (χ0n) is 15.3. The summed E-state index contributed by atoms with van der Waals surface area (Å²) < 4.78 is 6.03. The van der Waals surface area contributed by atoms with Crippen molar-refractivity contribution in [3.8, 4) is 0 Å². The van der Waals surface area contributed by atoms with Gasteiger partial charge in [-0.15, -0.1) is 0 Å². The SMILES string of the molecule is C[C@H]1C[C@@H]2[C@H](CC[C@@]3(C)[C@H]2CC[C@]32OC=CC2=O)[C@H]2CCC(=O)C=C12. The number of allylic oxidation sites excluding steroid dienone is 1. The van der Waals surface area contributed by atoms with Crippen LogP contribution in [0.15, 0.2) is 24.0 Å². The van der Waals surface area contributed by atoms with Crippen LogP contribution in [0.3, 0.4) is 0 Å². The fourth-order valence-corrected chi connectivity index (χ4v) is 7.50. The minimum atomic E-state index is -0.579. The van der Waals surface area contributed by atoms with E-state index in [0.29, 0.717) is 35.4 Å². The molecule has 3 nitrogen and oxygen atoms in total. The molecule has 3 fully saturated rings. The largest absolute Gasteiger partial charge is 0.486 e. The molecule has 0 aromatic heterocycles. The van der Waals surface area contributed by atoms with E-state index in [2.05, 4.69) is 13.8 Å². The Morgan fingerprint density at radius 2 is 1.96 bits per heavy atom. The molecule has 0 saturated heterocycles. The molecule has 0 aromatic carbocycles. The summed E-state index contributed by atoms with van der Waals surface area (Å²) in [7, 11) is 0. The van der Waals surface area contributed by atoms with E-state index in [4.69, 9.17) is 4.74 Å². The van der Waals surface area contributed by atoms with E-state index in [0.717, 1.165) is 32.1 Å². The molecule has 0 amide bonds. The third-order valence-corrected chi connectivity index (χ3v) is 8.67. The van der Waals surface area contributed by atoms with Crippen LogP contribution < -0.4 is 0 Å². The molecule has 0 unspecified atom stereocenters. The van der Waals surface area contributed by atoms with Crippen molar-refractivity contribution in [3.05, 3.63) is 24.0 Å². The number of carbonyl (C=O) groups excluding carboxylic acids is 2. The Labute approximate surface area is 149 Å². The monoisotopic (exact) mass is 340 g/mol. The summed E-state index contributed by atoms with van der Waals surface area (Å²) in [5.74, 6) is 3.60. The fraction of sp³-hybridized carbons (Fsp3) is 0.727. The Kier molecular flexibility index (Phi) is 3.22. The van der Waals surface area contributed by atoms with Gasteiger partial charge in [0.15, 0.2) is 11.4 Å². The zero-order chi connectivity index (χ0) is 17.4. The van der Waals surface area contributed by atoms with Gasteiger partial charge in [-0.05, 0) is 74.2 Å². The highest BCUT2D eigenvalue weighted by Crippen LogP contribution is 2.67. The van der Waals surface area contributed by atoms with Crippen molar-refractivity contribution in [1.29, 1.82) is 0 Å². The average molecular weight is 340 g/mol. The lowest BCUT2D eigenvalue weighted by Crippen LogP contribution is -2.55. The summed E-state index contributed by atoms with van der Waals surface area (Å²) in [6, 6.07) is 0. The topological polar surface area (TPSA) is 43.4 Å². The van der Waals surface area contributed by atoms with Crippen molar-refractivity contribution in [2.24, 2.45) is 35.0 Å². The maximum absolute atomic E-state index is 12.7. The Hall–Kier alpha value is -1.38. The first-order valence-corrected chi connectivity index (χ1v) is 10.1. The molecule has 134 valence electrons. The van der Waals surface area contributed by atoms with Gasteiger partial charge in [-0.2, -0.15) is 0 Å². The molecule has 1 aliphatic heterocycles. The van der Waals surface area contributed by atoms with Gasteiger partial charge in [0.05, 0.1) is 6.26 Å². The summed E-state index contributed by atoms with van der Waals surface area (Å²) in [5, 5.41) is 0. The molecule has 25 heavy (non-hydrogen) atoms. The second-order valence-corrected chi connectivity index (χ2v) is 9.43. The maximum Gasteiger partial charge on any atom is 0.202 e. The summed E-state index contributed by atoms with van der Waals surface area (Å²) >= 11 is 0. The van der Waals surface area contributed by atoms with Gasteiger partial charge in [0.25, 0.3) is 0 Å². The first kappa shape index (κ1) is 15.8. The maximum atomic E-state index is 12.7. The van der Waals surface area contributed by atoms with Crippen molar-refractivity contribution in [1.82, 2.24) is 0 Å². The van der Waals surface area contributed by atoms with Crippen molar-refractivity contribution < 1.29 is 14.3 Å². The fourth-order valence-electron chi connectivity index (χ4n) is 7.50. The number of rotatable bonds is 0. The number of fused-ring (bicyclic) bond motifs is 6. The number of ether oxygens (including phenoxy) is 1. The van der Waals surface area contributed by atoms with Crippen molar-refractivity contribution in [2.75, 3.05) is 0 Å². The van der Waals surface area contributed by atoms with Crippen LogP contribution in [0.5, 0.6) is 0 Å². The van der Waals surface area contributed by atoms with Crippen LogP contribution >= 0.6 is 0 Å². The predicted molar refractivity (Wildman–Crippen MR) is 94.6 cm³/mol. The van der Waals surface area contributed by atoms with Crippen molar-refractivity contribution in [2.45, 2.75) is 64.4 Å². The molecule has 0 bridgehead atoms. The van der Waals surface area contributed by atoms with Gasteiger partial charge >= 0.3 is 0 Å². The predicted octanol–water partition coefficient (Wildman–Crippen LogP) is 4.23. The van der Waals surface area contributed by atoms with Crippen LogP contribution in [-0.2, 0) is 14.3 Å². The highest BCUT2D eigenvalue weighted by atomic mass is 16.5. The van der Waals surface area contributed by atoms with Crippen LogP contribution in [-0.4, -0.2) is 17.2 Å². The lowest BCUT2D eigenvalue weighted by atomic mass is 9.49. The zero-order valence-corrected chi connectivity index (χ0v) is 15.3. The van der Waals surface area contributed by atoms with Crippen LogP contribution in [0.25, 0.3) is 0 Å². The molecule has 0 radical (unpaired) electrons. The van der Waals surface area contributed by atoms with Gasteiger partial charge in [-0.1, -0.05) is 19.4 Å². The molecular weight excluding hydrogens is 312 g/mol. The van der Waals surface area contributed by atoms with Crippen LogP contribution in [0, 0.1) is 35.0 Å². The summed E-state index contributed by atoms with van der Waals surface area (Å²) in [6.07, 6.45) is 12.5. The molecule has 5 rings (SSSR count). The minimum Gasteiger partial charge on any atom is -0.486 e. The van der Waals surface area contributed by atoms with E-state index < -0.39 is 5.60 Å². The standard InChI is InChI=1S/C22H28O3/c1-13-11-18-16(15-4-3-14(23)12-17(13)15)5-8-21(2)19(18)6-9-22(21)20(24)7-10-25-22/h7,10,12-13,15-16,18-19H,3-6,8-9,11H2,1-2H3/t13-,15+,16+,18+,19-,21-,22+/m0/s1. The summed E-state index contributed by atoms with van der Waals surface area (Å²) in [4.78, 5) is 24.6. The third-order valence-electron chi connectivity index (χ3n) is 8.67. The van der Waals surface area contributed by atoms with Crippen LogP contribution in [0.1, 0.15) is 58.8 Å². The smallest absolute Gasteiger partial charge is 0.202 e. The summed E-state index contributed by atoms with van der Waals surface area (Å²) in [6.45, 7) is 4.63. The Morgan fingerprint density at radius 1 is 1.12 bits per heavy atom. The van der Waals surface area contributed by atoms with E-state index in [1.807, 2.05) is 6.08 Å². The van der Waals surface area contributed by atoms with Gasteiger partial charge in [-0.3, -0.25) is 9.59 Å². The van der Waals surface area contributed by atoms with E-state index in [-0.39, 0.29) is 11.2 Å². The average Bonchev–Trinajstić information content (AvgIpc) is 3.10. The van der Waals surface area contributed by atoms with Gasteiger partial charge < -0.3 is 4.74 Å². The Balaban J connectivity index is 1.50. The molecular formula is C22H28O3. The Bertz CT molecular complexity index is 704. The summed E-state index contributed by atoms with van der Waals surface area (Å²) in [5.41, 5.74) is 0.828. The molecule has 3 saturated carbocycles. The van der Waals surface area contributed by atoms with Gasteiger partial charge in [0, 0.05) is 17.9 Å². The van der Waals surface area contributed by atoms with Crippen LogP contribution in [0.2, 0.25) is 0 Å². The number of ketones is 2. The van der Waals surface area contributed by atoms with Gasteiger partial charge in [0.1, 0.15) is 0 Å². The Morgan fingerprint density at radius 3 is 2.72 bits per heavy atom. The van der Waals surface area contributed by atoms with E-state index >= 15 is 0 Å². The molecule has 1 spiro atoms. The molecule has 0 aromatic rings. The van der Waals surface area contributed by atoms with Crippen LogP contribution in [0.4, 0.5) is 0 Å². The number of carbonyl (C=O) groups is 2. The lowest BCUT2D eigenvalue weighted by molar-refractivity contribution is -0.152. The second-order valence-electron chi connectivity index (χ2n) is 9.43. The highest BCUT2D eigenvalue weighted by Gasteiger charge is 2.67. The first-order valence-electron chi connectivity index (χ1n) is 10.1. The first-order chi connectivity index (χ1) is 12.0. The third kappa shape index (κ3) is 1.88. The highest BCUT2D eigenvalue weighted by molar-refractivity contribution is 5.99. The number of hydrogen-bond acceptors (Lipinski definition) is 3. The van der Waals surface area contributed by atoms with Crippen molar-refractivity contribution >= 4 is 11.6 Å². The van der Waals surface area contributed by atoms with Crippen molar-refractivity contribution in [3.63, 3.8) is 0 Å². The molecule has 4 aliphatic carbocycles. The van der Waals surface area contributed by atoms with E-state index in [9.17, 15) is 9.59 Å². The molecule has 3 heteroatoms. The minimum absolute atomic E-state index is 0.0276. The van der Waals surface area contributed by atoms with E-state index in [1.54, 1.807) is 12.3 Å². The molecule has 7 atom stereocenters. The number of hydrogen-bond donors (Lipinski definition) is 0. The van der Waals surface area contributed by atoms with Gasteiger partial charge in [-0.25, -0.2) is 0 Å². The second kappa shape index (κ2) is 5.08. The molecule has 1 heterocycles. The molecule has 0 N–H and O–H groups in total.